The van der Waals surface area contributed by atoms with Crippen molar-refractivity contribution in [1.82, 2.24) is 9.80 Å². The van der Waals surface area contributed by atoms with Crippen LogP contribution in [0.2, 0.25) is 0 Å². The molecule has 0 radical (unpaired) electrons. The molecule has 7 nitrogen and oxygen atoms in total. The van der Waals surface area contributed by atoms with Crippen molar-refractivity contribution in [3.05, 3.63) is 24.3 Å². The molecule has 2 fully saturated rings. The second-order valence-electron chi connectivity index (χ2n) is 5.41. The molecule has 1 N–H and O–H groups in total. The predicted octanol–water partition coefficient (Wildman–Crippen LogP) is 0.493. The third-order valence-corrected chi connectivity index (χ3v) is 4.02. The predicted molar refractivity (Wildman–Crippen MR) is 79.8 cm³/mol. The molecule has 1 aromatic carbocycles. The zero-order valence-electron chi connectivity index (χ0n) is 12.3. The molecule has 22 heavy (non-hydrogen) atoms. The number of cyclic esters (lactones) is 1. The molecule has 2 saturated heterocycles. The van der Waals surface area contributed by atoms with Gasteiger partial charge in [0.15, 0.2) is 0 Å². The molecular formula is C15H19N3O4. The average molecular weight is 305 g/mol. The Bertz CT molecular complexity index is 570. The third kappa shape index (κ3) is 2.99. The number of hydrogen-bond acceptors (Lipinski definition) is 6. The quantitative estimate of drug-likeness (QED) is 0.876. The summed E-state index contributed by atoms with van der Waals surface area (Å²) in [6.45, 7) is 3.74. The van der Waals surface area contributed by atoms with Gasteiger partial charge in [-0.25, -0.2) is 9.69 Å². The standard InChI is InChI=1S/C15H19N3O4/c19-13-4-2-1-3-12(13)17-7-5-16(6-8-17)11-14(20)18-9-10-22-15(18)21/h1-4,19H,5-11H2. The van der Waals surface area contributed by atoms with Crippen LogP contribution < -0.4 is 4.90 Å². The number of para-hydroxylation sites is 2. The van der Waals surface area contributed by atoms with Crippen molar-refractivity contribution in [3.63, 3.8) is 0 Å². The van der Waals surface area contributed by atoms with Crippen LogP contribution >= 0.6 is 0 Å². The Balaban J connectivity index is 1.53. The van der Waals surface area contributed by atoms with Gasteiger partial charge in [0.1, 0.15) is 12.4 Å². The molecule has 0 bridgehead atoms. The first kappa shape index (κ1) is 14.6. The maximum Gasteiger partial charge on any atom is 0.416 e. The van der Waals surface area contributed by atoms with Gasteiger partial charge in [-0.05, 0) is 12.1 Å². The molecule has 2 aliphatic rings. The van der Waals surface area contributed by atoms with Gasteiger partial charge in [-0.2, -0.15) is 0 Å². The number of aromatic hydroxyl groups is 1. The second kappa shape index (κ2) is 6.23. The van der Waals surface area contributed by atoms with Crippen LogP contribution in [-0.2, 0) is 9.53 Å². The van der Waals surface area contributed by atoms with Gasteiger partial charge in [0.25, 0.3) is 0 Å². The van der Waals surface area contributed by atoms with E-state index in [4.69, 9.17) is 4.74 Å². The van der Waals surface area contributed by atoms with E-state index in [1.807, 2.05) is 17.0 Å². The molecule has 0 atom stereocenters. The number of rotatable bonds is 3. The zero-order valence-corrected chi connectivity index (χ0v) is 12.3. The smallest absolute Gasteiger partial charge is 0.416 e. The van der Waals surface area contributed by atoms with Gasteiger partial charge in [0.2, 0.25) is 5.91 Å². The highest BCUT2D eigenvalue weighted by Crippen LogP contribution is 2.27. The first-order chi connectivity index (χ1) is 10.6. The minimum absolute atomic E-state index is 0.210. The Labute approximate surface area is 128 Å². The molecule has 7 heteroatoms. The van der Waals surface area contributed by atoms with Gasteiger partial charge in [-0.3, -0.25) is 9.69 Å². The Kier molecular flexibility index (Phi) is 4.15. The first-order valence-electron chi connectivity index (χ1n) is 7.37. The van der Waals surface area contributed by atoms with Crippen LogP contribution in [0.15, 0.2) is 24.3 Å². The number of phenols is 1. The number of anilines is 1. The van der Waals surface area contributed by atoms with E-state index in [-0.39, 0.29) is 24.8 Å². The Morgan fingerprint density at radius 2 is 1.86 bits per heavy atom. The van der Waals surface area contributed by atoms with Gasteiger partial charge in [0, 0.05) is 26.2 Å². The van der Waals surface area contributed by atoms with Gasteiger partial charge in [-0.1, -0.05) is 12.1 Å². The van der Waals surface area contributed by atoms with Crippen LogP contribution in [0.25, 0.3) is 0 Å². The summed E-state index contributed by atoms with van der Waals surface area (Å²) < 4.78 is 4.78. The lowest BCUT2D eigenvalue weighted by atomic mass is 10.2. The summed E-state index contributed by atoms with van der Waals surface area (Å²) >= 11 is 0. The fraction of sp³-hybridized carbons (Fsp3) is 0.467. The molecule has 1 aromatic rings. The average Bonchev–Trinajstić information content (AvgIpc) is 2.95. The summed E-state index contributed by atoms with van der Waals surface area (Å²) in [7, 11) is 0. The highest BCUT2D eigenvalue weighted by molar-refractivity contribution is 5.94. The van der Waals surface area contributed by atoms with Crippen LogP contribution in [0.5, 0.6) is 5.75 Å². The van der Waals surface area contributed by atoms with Crippen molar-refractivity contribution in [3.8, 4) is 5.75 Å². The number of phenolic OH excluding ortho intramolecular Hbond substituents is 1. The summed E-state index contributed by atoms with van der Waals surface area (Å²) in [5.41, 5.74) is 0.816. The molecule has 2 heterocycles. The maximum atomic E-state index is 12.1. The van der Waals surface area contributed by atoms with Crippen molar-refractivity contribution in [1.29, 1.82) is 0 Å². The number of amides is 2. The topological polar surface area (TPSA) is 73.3 Å². The van der Waals surface area contributed by atoms with Crippen LogP contribution in [0.4, 0.5) is 10.5 Å². The van der Waals surface area contributed by atoms with Crippen LogP contribution in [0.3, 0.4) is 0 Å². The molecule has 0 spiro atoms. The van der Waals surface area contributed by atoms with E-state index < -0.39 is 6.09 Å². The molecule has 0 saturated carbocycles. The van der Waals surface area contributed by atoms with Gasteiger partial charge >= 0.3 is 6.09 Å². The van der Waals surface area contributed by atoms with Crippen molar-refractivity contribution in [2.45, 2.75) is 0 Å². The van der Waals surface area contributed by atoms with E-state index in [9.17, 15) is 14.7 Å². The van der Waals surface area contributed by atoms with E-state index in [1.165, 1.54) is 0 Å². The lowest BCUT2D eigenvalue weighted by Gasteiger charge is -2.36. The van der Waals surface area contributed by atoms with E-state index in [2.05, 4.69) is 4.90 Å². The largest absolute Gasteiger partial charge is 0.506 e. The number of ether oxygens (including phenoxy) is 1. The van der Waals surface area contributed by atoms with Gasteiger partial charge < -0.3 is 14.7 Å². The van der Waals surface area contributed by atoms with Crippen molar-refractivity contribution in [2.24, 2.45) is 0 Å². The second-order valence-corrected chi connectivity index (χ2v) is 5.41. The zero-order chi connectivity index (χ0) is 15.5. The lowest BCUT2D eigenvalue weighted by Crippen LogP contribution is -2.50. The van der Waals surface area contributed by atoms with E-state index in [1.54, 1.807) is 12.1 Å². The number of carbonyl (C=O) groups is 2. The summed E-state index contributed by atoms with van der Waals surface area (Å²) in [6, 6.07) is 7.24. The van der Waals surface area contributed by atoms with Gasteiger partial charge in [0.05, 0.1) is 18.8 Å². The number of imide groups is 1. The molecule has 2 amide bonds. The third-order valence-electron chi connectivity index (χ3n) is 4.02. The van der Waals surface area contributed by atoms with Crippen molar-refractivity contribution in [2.75, 3.05) is 50.8 Å². The van der Waals surface area contributed by atoms with Crippen LogP contribution in [-0.4, -0.2) is 72.8 Å². The van der Waals surface area contributed by atoms with Gasteiger partial charge in [-0.15, -0.1) is 0 Å². The molecule has 0 aliphatic carbocycles. The summed E-state index contributed by atoms with van der Waals surface area (Å²) in [4.78, 5) is 28.7. The van der Waals surface area contributed by atoms with E-state index in [0.29, 0.717) is 19.6 Å². The molecule has 2 aliphatic heterocycles. The number of nitrogens with zero attached hydrogens (tertiary/aromatic N) is 3. The molecule has 0 aromatic heterocycles. The maximum absolute atomic E-state index is 12.1. The fourth-order valence-corrected chi connectivity index (χ4v) is 2.78. The number of hydrogen-bond donors (Lipinski definition) is 1. The number of carbonyl (C=O) groups excluding carboxylic acids is 2. The van der Waals surface area contributed by atoms with Crippen LogP contribution in [0.1, 0.15) is 0 Å². The van der Waals surface area contributed by atoms with Crippen molar-refractivity contribution < 1.29 is 19.4 Å². The van der Waals surface area contributed by atoms with Crippen LogP contribution in [0, 0.1) is 0 Å². The minimum Gasteiger partial charge on any atom is -0.506 e. The molecule has 0 unspecified atom stereocenters. The Morgan fingerprint density at radius 3 is 2.50 bits per heavy atom. The lowest BCUT2D eigenvalue weighted by molar-refractivity contribution is -0.129. The highest BCUT2D eigenvalue weighted by Gasteiger charge is 2.30. The minimum atomic E-state index is -0.544. The van der Waals surface area contributed by atoms with E-state index in [0.717, 1.165) is 23.7 Å². The number of piperazine rings is 1. The Hall–Kier alpha value is -2.28. The summed E-state index contributed by atoms with van der Waals surface area (Å²) in [5, 5.41) is 9.88. The molecule has 3 rings (SSSR count). The fourth-order valence-electron chi connectivity index (χ4n) is 2.78. The summed E-state index contributed by atoms with van der Waals surface area (Å²) in [6.07, 6.45) is -0.544. The van der Waals surface area contributed by atoms with Crippen molar-refractivity contribution >= 4 is 17.7 Å². The molecular weight excluding hydrogens is 286 g/mol. The monoisotopic (exact) mass is 305 g/mol. The normalized spacial score (nSPS) is 19.4. The SMILES string of the molecule is O=C(CN1CCN(c2ccccc2O)CC1)N1CCOC1=O. The number of benzene rings is 1. The van der Waals surface area contributed by atoms with E-state index >= 15 is 0 Å². The summed E-state index contributed by atoms with van der Waals surface area (Å²) in [5.74, 6) is 0.0605. The highest BCUT2D eigenvalue weighted by atomic mass is 16.6. The first-order valence-corrected chi connectivity index (χ1v) is 7.37. The molecule has 118 valence electrons. The Morgan fingerprint density at radius 1 is 1.14 bits per heavy atom.